The van der Waals surface area contributed by atoms with E-state index in [1.54, 1.807) is 0 Å². The molecule has 0 aliphatic carbocycles. The zero-order valence-corrected chi connectivity index (χ0v) is 24.2. The Labute approximate surface area is 257 Å². The fourth-order valence-corrected chi connectivity index (χ4v) is 6.29. The molecule has 0 spiro atoms. The van der Waals surface area contributed by atoms with E-state index in [2.05, 4.69) is 191 Å². The van der Waals surface area contributed by atoms with E-state index in [0.29, 0.717) is 0 Å². The van der Waals surface area contributed by atoms with E-state index in [0.717, 1.165) is 22.7 Å². The van der Waals surface area contributed by atoms with Crippen LogP contribution >= 0.6 is 0 Å². The maximum Gasteiger partial charge on any atom is 0.0541 e. The Morgan fingerprint density at radius 3 is 1.23 bits per heavy atom. The van der Waals surface area contributed by atoms with Gasteiger partial charge in [-0.1, -0.05) is 115 Å². The first-order valence-electron chi connectivity index (χ1n) is 15.0. The maximum atomic E-state index is 2.41. The highest BCUT2D eigenvalue weighted by Crippen LogP contribution is 2.39. The van der Waals surface area contributed by atoms with Crippen LogP contribution in [0.2, 0.25) is 0 Å². The molecule has 0 atom stereocenters. The number of fused-ring (bicyclic) bond motifs is 3. The predicted molar refractivity (Wildman–Crippen MR) is 186 cm³/mol. The van der Waals surface area contributed by atoms with Gasteiger partial charge in [-0.3, -0.25) is 0 Å². The molecule has 0 amide bonds. The Morgan fingerprint density at radius 2 is 0.750 bits per heavy atom. The van der Waals surface area contributed by atoms with Gasteiger partial charge in [0.05, 0.1) is 11.0 Å². The zero-order valence-electron chi connectivity index (χ0n) is 24.2. The maximum absolute atomic E-state index is 2.41. The summed E-state index contributed by atoms with van der Waals surface area (Å²) in [6, 6.07) is 65.1. The number of nitrogens with zero attached hydrogens (tertiary/aromatic N) is 2. The van der Waals surface area contributed by atoms with E-state index in [-0.39, 0.29) is 0 Å². The van der Waals surface area contributed by atoms with Crippen molar-refractivity contribution in [2.24, 2.45) is 0 Å². The van der Waals surface area contributed by atoms with Gasteiger partial charge in [-0.25, -0.2) is 0 Å². The van der Waals surface area contributed by atoms with Crippen LogP contribution in [0.3, 0.4) is 0 Å². The first-order valence-corrected chi connectivity index (χ1v) is 15.0. The first-order chi connectivity index (χ1) is 21.8. The lowest BCUT2D eigenvalue weighted by molar-refractivity contribution is 1.17. The van der Waals surface area contributed by atoms with Crippen LogP contribution in [0.1, 0.15) is 0 Å². The van der Waals surface area contributed by atoms with Crippen molar-refractivity contribution in [3.05, 3.63) is 182 Å². The van der Waals surface area contributed by atoms with Gasteiger partial charge in [0.2, 0.25) is 0 Å². The van der Waals surface area contributed by atoms with Gasteiger partial charge in [-0.05, 0) is 89.0 Å². The lowest BCUT2D eigenvalue weighted by atomic mass is 10.0. The molecule has 0 radical (unpaired) electrons. The average Bonchev–Trinajstić information content (AvgIpc) is 3.43. The molecule has 1 heterocycles. The summed E-state index contributed by atoms with van der Waals surface area (Å²) < 4.78 is 2.41. The van der Waals surface area contributed by atoms with Gasteiger partial charge in [0.25, 0.3) is 0 Å². The third-order valence-corrected chi connectivity index (χ3v) is 8.35. The van der Waals surface area contributed by atoms with Crippen molar-refractivity contribution in [2.75, 3.05) is 4.90 Å². The highest BCUT2D eigenvalue weighted by Gasteiger charge is 2.17. The number of para-hydroxylation sites is 2. The average molecular weight is 563 g/mol. The van der Waals surface area contributed by atoms with Crippen LogP contribution in [0.15, 0.2) is 182 Å². The zero-order chi connectivity index (χ0) is 29.3. The van der Waals surface area contributed by atoms with Gasteiger partial charge < -0.3 is 9.47 Å². The number of aromatic nitrogens is 1. The number of benzene rings is 7. The molecule has 208 valence electrons. The summed E-state index contributed by atoms with van der Waals surface area (Å²) in [6.07, 6.45) is 0. The standard InChI is InChI=1S/C42H30N2/c1-5-14-31(15-6-1)33-24-26-41-39(28-33)40-29-34(32-16-7-2-8-17-32)25-27-42(40)44(41)38-23-13-22-37(30-38)43(35-18-9-3-10-19-35)36-20-11-4-12-21-36/h1-30H. The monoisotopic (exact) mass is 562 g/mol. The van der Waals surface area contributed by atoms with Crippen molar-refractivity contribution < 1.29 is 0 Å². The Morgan fingerprint density at radius 1 is 0.318 bits per heavy atom. The molecule has 2 nitrogen and oxygen atoms in total. The topological polar surface area (TPSA) is 8.17 Å². The van der Waals surface area contributed by atoms with E-state index < -0.39 is 0 Å². The molecule has 0 bridgehead atoms. The van der Waals surface area contributed by atoms with Crippen LogP contribution < -0.4 is 4.90 Å². The van der Waals surface area contributed by atoms with Crippen molar-refractivity contribution in [1.29, 1.82) is 0 Å². The van der Waals surface area contributed by atoms with Gasteiger partial charge in [0.1, 0.15) is 0 Å². The van der Waals surface area contributed by atoms with Crippen LogP contribution in [0, 0.1) is 0 Å². The Balaban J connectivity index is 1.35. The minimum Gasteiger partial charge on any atom is -0.310 e. The molecular formula is C42H30N2. The van der Waals surface area contributed by atoms with Gasteiger partial charge in [0.15, 0.2) is 0 Å². The number of hydrogen-bond acceptors (Lipinski definition) is 1. The lowest BCUT2D eigenvalue weighted by Gasteiger charge is -2.26. The molecule has 7 aromatic carbocycles. The number of rotatable bonds is 6. The summed E-state index contributed by atoms with van der Waals surface area (Å²) in [5.41, 5.74) is 11.7. The fourth-order valence-electron chi connectivity index (χ4n) is 6.29. The van der Waals surface area contributed by atoms with E-state index >= 15 is 0 Å². The highest BCUT2D eigenvalue weighted by atomic mass is 15.1. The third kappa shape index (κ3) is 4.63. The van der Waals surface area contributed by atoms with Crippen LogP contribution in [-0.4, -0.2) is 4.57 Å². The van der Waals surface area contributed by atoms with Gasteiger partial charge in [-0.2, -0.15) is 0 Å². The van der Waals surface area contributed by atoms with Gasteiger partial charge in [0, 0.05) is 33.5 Å². The molecule has 0 fully saturated rings. The van der Waals surface area contributed by atoms with Crippen LogP contribution in [0.4, 0.5) is 17.1 Å². The second-order valence-corrected chi connectivity index (χ2v) is 11.1. The molecule has 8 rings (SSSR count). The molecular weight excluding hydrogens is 532 g/mol. The molecule has 44 heavy (non-hydrogen) atoms. The normalized spacial score (nSPS) is 11.2. The highest BCUT2D eigenvalue weighted by molar-refractivity contribution is 6.11. The van der Waals surface area contributed by atoms with Crippen molar-refractivity contribution in [2.45, 2.75) is 0 Å². The molecule has 1 aromatic heterocycles. The quantitative estimate of drug-likeness (QED) is 0.196. The van der Waals surface area contributed by atoms with Gasteiger partial charge in [-0.15, -0.1) is 0 Å². The summed E-state index contributed by atoms with van der Waals surface area (Å²) in [4.78, 5) is 2.32. The summed E-state index contributed by atoms with van der Waals surface area (Å²) in [7, 11) is 0. The number of anilines is 3. The van der Waals surface area contributed by atoms with Crippen molar-refractivity contribution in [3.63, 3.8) is 0 Å². The van der Waals surface area contributed by atoms with Gasteiger partial charge >= 0.3 is 0 Å². The second kappa shape index (κ2) is 11.1. The Kier molecular flexibility index (Phi) is 6.51. The molecule has 0 saturated carbocycles. The van der Waals surface area contributed by atoms with E-state index in [9.17, 15) is 0 Å². The first kappa shape index (κ1) is 25.8. The molecule has 0 unspecified atom stereocenters. The van der Waals surface area contributed by atoms with E-state index in [4.69, 9.17) is 0 Å². The van der Waals surface area contributed by atoms with E-state index in [1.165, 1.54) is 44.1 Å². The van der Waals surface area contributed by atoms with Crippen molar-refractivity contribution in [1.82, 2.24) is 4.57 Å². The molecule has 0 aliphatic heterocycles. The summed E-state index contributed by atoms with van der Waals surface area (Å²) in [5.74, 6) is 0. The SMILES string of the molecule is c1ccc(-c2ccc3c(c2)c2cc(-c4ccccc4)ccc2n3-c2cccc(N(c3ccccc3)c3ccccc3)c2)cc1. The van der Waals surface area contributed by atoms with Crippen LogP contribution in [-0.2, 0) is 0 Å². The molecule has 0 N–H and O–H groups in total. The van der Waals surface area contributed by atoms with Crippen molar-refractivity contribution >= 4 is 38.9 Å². The van der Waals surface area contributed by atoms with E-state index in [1.807, 2.05) is 0 Å². The number of hydrogen-bond donors (Lipinski definition) is 0. The second-order valence-electron chi connectivity index (χ2n) is 11.1. The van der Waals surface area contributed by atoms with Crippen molar-refractivity contribution in [3.8, 4) is 27.9 Å². The summed E-state index contributed by atoms with van der Waals surface area (Å²) >= 11 is 0. The molecule has 0 saturated heterocycles. The smallest absolute Gasteiger partial charge is 0.0541 e. The Bertz CT molecular complexity index is 2060. The minimum absolute atomic E-state index is 1.11. The third-order valence-electron chi connectivity index (χ3n) is 8.35. The lowest BCUT2D eigenvalue weighted by Crippen LogP contribution is -2.10. The minimum atomic E-state index is 1.11. The largest absolute Gasteiger partial charge is 0.310 e. The van der Waals surface area contributed by atoms with Crippen LogP contribution in [0.25, 0.3) is 49.7 Å². The molecule has 2 heteroatoms. The molecule has 8 aromatic rings. The summed E-state index contributed by atoms with van der Waals surface area (Å²) in [5, 5.41) is 2.49. The van der Waals surface area contributed by atoms with Crippen LogP contribution in [0.5, 0.6) is 0 Å². The fraction of sp³-hybridized carbons (Fsp3) is 0. The molecule has 0 aliphatic rings. The predicted octanol–water partition coefficient (Wildman–Crippen LogP) is 11.6. The summed E-state index contributed by atoms with van der Waals surface area (Å²) in [6.45, 7) is 0. The Hall–Kier alpha value is -5.86.